The Bertz CT molecular complexity index is 816. The van der Waals surface area contributed by atoms with Crippen molar-refractivity contribution in [2.75, 3.05) is 20.1 Å². The van der Waals surface area contributed by atoms with Crippen molar-refractivity contribution < 1.29 is 14.7 Å². The lowest BCUT2D eigenvalue weighted by Gasteiger charge is -2.20. The van der Waals surface area contributed by atoms with Gasteiger partial charge in [-0.25, -0.2) is 4.79 Å². The lowest BCUT2D eigenvalue weighted by atomic mass is 10.1. The Morgan fingerprint density at radius 3 is 2.73 bits per heavy atom. The second-order valence-corrected chi connectivity index (χ2v) is 6.96. The highest BCUT2D eigenvalue weighted by atomic mass is 16.4. The van der Waals surface area contributed by atoms with Gasteiger partial charge in [0.25, 0.3) is 5.91 Å². The molecule has 2 atom stereocenters. The van der Waals surface area contributed by atoms with E-state index in [1.54, 1.807) is 7.05 Å². The smallest absolute Gasteiger partial charge is 0.407 e. The van der Waals surface area contributed by atoms with Gasteiger partial charge < -0.3 is 20.6 Å². The molecule has 2 aromatic rings. The fraction of sp³-hybridized carbons (Fsp3) is 0.500. The zero-order chi connectivity index (χ0) is 18.8. The minimum atomic E-state index is -0.962. The molecule has 2 heterocycles. The first-order valence-electron chi connectivity index (χ1n) is 8.84. The summed E-state index contributed by atoms with van der Waals surface area (Å²) < 4.78 is 1.84. The van der Waals surface area contributed by atoms with Crippen LogP contribution in [0, 0.1) is 0 Å². The van der Waals surface area contributed by atoms with Gasteiger partial charge in [0, 0.05) is 36.6 Å². The van der Waals surface area contributed by atoms with Gasteiger partial charge >= 0.3 is 6.09 Å². The minimum Gasteiger partial charge on any atom is -0.465 e. The van der Waals surface area contributed by atoms with Crippen LogP contribution >= 0.6 is 0 Å². The van der Waals surface area contributed by atoms with Crippen LogP contribution in [0.2, 0.25) is 0 Å². The highest BCUT2D eigenvalue weighted by Crippen LogP contribution is 2.23. The number of hydrogen-bond donors (Lipinski definition) is 3. The normalized spacial score (nSPS) is 20.1. The van der Waals surface area contributed by atoms with Crippen LogP contribution in [0.15, 0.2) is 24.3 Å². The number of hydrogen-bond acceptors (Lipinski definition) is 4. The molecule has 0 radical (unpaired) electrons. The van der Waals surface area contributed by atoms with E-state index in [0.29, 0.717) is 18.7 Å². The molecule has 0 spiro atoms. The molecule has 1 aromatic heterocycles. The zero-order valence-electron chi connectivity index (χ0n) is 15.3. The molecule has 2 amide bonds. The van der Waals surface area contributed by atoms with E-state index in [9.17, 15) is 14.7 Å². The molecule has 3 N–H and O–H groups in total. The quantitative estimate of drug-likeness (QED) is 0.754. The van der Waals surface area contributed by atoms with Crippen molar-refractivity contribution in [2.24, 2.45) is 0 Å². The van der Waals surface area contributed by atoms with Gasteiger partial charge in [-0.05, 0) is 33.4 Å². The van der Waals surface area contributed by atoms with E-state index in [1.165, 1.54) is 4.90 Å². The number of nitrogens with zero attached hydrogens (tertiary/aromatic N) is 3. The largest absolute Gasteiger partial charge is 0.465 e. The summed E-state index contributed by atoms with van der Waals surface area (Å²) in [6.45, 7) is 4.89. The van der Waals surface area contributed by atoms with Gasteiger partial charge in [0.05, 0.1) is 5.52 Å². The van der Waals surface area contributed by atoms with Gasteiger partial charge in [-0.1, -0.05) is 18.2 Å². The summed E-state index contributed by atoms with van der Waals surface area (Å²) in [5, 5.41) is 20.6. The molecule has 3 rings (SSSR count). The maximum Gasteiger partial charge on any atom is 0.407 e. The Balaban J connectivity index is 1.81. The highest BCUT2D eigenvalue weighted by molar-refractivity contribution is 6.05. The number of likely N-dealkylation sites (N-methyl/N-ethyl adjacent to an activating group) is 1. The molecule has 1 aliphatic rings. The van der Waals surface area contributed by atoms with Gasteiger partial charge in [-0.2, -0.15) is 5.10 Å². The van der Waals surface area contributed by atoms with Crippen LogP contribution in [0.4, 0.5) is 4.79 Å². The Hall–Kier alpha value is -2.61. The number of rotatable bonds is 5. The molecule has 1 saturated heterocycles. The first kappa shape index (κ1) is 18.2. The summed E-state index contributed by atoms with van der Waals surface area (Å²) in [4.78, 5) is 25.6. The van der Waals surface area contributed by atoms with E-state index in [1.807, 2.05) is 42.8 Å². The van der Waals surface area contributed by atoms with Crippen molar-refractivity contribution in [3.8, 4) is 0 Å². The van der Waals surface area contributed by atoms with E-state index >= 15 is 0 Å². The molecule has 0 saturated carbocycles. The fourth-order valence-electron chi connectivity index (χ4n) is 3.59. The van der Waals surface area contributed by atoms with Crippen LogP contribution in [0.5, 0.6) is 0 Å². The van der Waals surface area contributed by atoms with Crippen molar-refractivity contribution in [2.45, 2.75) is 38.4 Å². The number of benzene rings is 1. The first-order valence-corrected chi connectivity index (χ1v) is 8.84. The van der Waals surface area contributed by atoms with Gasteiger partial charge in [0.15, 0.2) is 5.69 Å². The summed E-state index contributed by atoms with van der Waals surface area (Å²) in [5.74, 6) is -0.263. The Kier molecular flexibility index (Phi) is 5.13. The summed E-state index contributed by atoms with van der Waals surface area (Å²) in [6.07, 6.45) is -0.377. The third-order valence-corrected chi connectivity index (χ3v) is 4.75. The summed E-state index contributed by atoms with van der Waals surface area (Å²) in [7, 11) is 1.79. The van der Waals surface area contributed by atoms with Crippen molar-refractivity contribution in [1.82, 2.24) is 25.3 Å². The lowest BCUT2D eigenvalue weighted by Crippen LogP contribution is -2.41. The molecule has 0 aliphatic carbocycles. The van der Waals surface area contributed by atoms with E-state index in [2.05, 4.69) is 15.7 Å². The first-order chi connectivity index (χ1) is 12.4. The average Bonchev–Trinajstić information content (AvgIpc) is 3.17. The predicted octanol–water partition coefficient (Wildman–Crippen LogP) is 1.69. The van der Waals surface area contributed by atoms with E-state index in [-0.39, 0.29) is 30.6 Å². The Labute approximate surface area is 152 Å². The van der Waals surface area contributed by atoms with Crippen molar-refractivity contribution >= 4 is 22.9 Å². The van der Waals surface area contributed by atoms with Gasteiger partial charge in [0.1, 0.15) is 0 Å². The fourth-order valence-corrected chi connectivity index (χ4v) is 3.59. The molecular weight excluding hydrogens is 334 g/mol. The number of likely N-dealkylation sites (tertiary alicyclic amines) is 1. The number of amides is 2. The van der Waals surface area contributed by atoms with Gasteiger partial charge in [-0.15, -0.1) is 0 Å². The highest BCUT2D eigenvalue weighted by Gasteiger charge is 2.36. The van der Waals surface area contributed by atoms with Crippen LogP contribution in [-0.4, -0.2) is 64.0 Å². The second-order valence-electron chi connectivity index (χ2n) is 6.96. The standard InChI is InChI=1S/C18H25N5O3/c1-11(2)23-15-7-5-4-6-14(15)16(21-23)17(24)20-12-8-13(9-19-3)22(10-12)18(25)26/h4-7,11-13,19H,8-10H2,1-3H3,(H,20,24)(H,25,26)/t12-,13-/m0/s1. The molecule has 140 valence electrons. The second kappa shape index (κ2) is 7.33. The average molecular weight is 359 g/mol. The van der Waals surface area contributed by atoms with Crippen LogP contribution in [0.25, 0.3) is 10.9 Å². The lowest BCUT2D eigenvalue weighted by molar-refractivity contribution is 0.0931. The third-order valence-electron chi connectivity index (χ3n) is 4.75. The van der Waals surface area contributed by atoms with Crippen LogP contribution in [0.3, 0.4) is 0 Å². The molecule has 8 heteroatoms. The topological polar surface area (TPSA) is 99.5 Å². The van der Waals surface area contributed by atoms with Crippen LogP contribution in [-0.2, 0) is 0 Å². The van der Waals surface area contributed by atoms with Crippen molar-refractivity contribution in [3.63, 3.8) is 0 Å². The predicted molar refractivity (Wildman–Crippen MR) is 98.4 cm³/mol. The monoisotopic (exact) mass is 359 g/mol. The van der Waals surface area contributed by atoms with Gasteiger partial charge in [0.2, 0.25) is 0 Å². The van der Waals surface area contributed by atoms with Crippen molar-refractivity contribution in [1.29, 1.82) is 0 Å². The van der Waals surface area contributed by atoms with E-state index < -0.39 is 6.09 Å². The molecule has 1 aliphatic heterocycles. The van der Waals surface area contributed by atoms with Gasteiger partial charge in [-0.3, -0.25) is 9.48 Å². The SMILES string of the molecule is CNC[C@@H]1C[C@H](NC(=O)c2nn(C(C)C)c3ccccc23)CN1C(=O)O. The minimum absolute atomic E-state index is 0.135. The Morgan fingerprint density at radius 2 is 2.08 bits per heavy atom. The summed E-state index contributed by atoms with van der Waals surface area (Å²) in [5.41, 5.74) is 1.30. The number of nitrogens with one attached hydrogen (secondary N) is 2. The number of carboxylic acid groups (broad SMARTS) is 1. The van der Waals surface area contributed by atoms with Crippen molar-refractivity contribution in [3.05, 3.63) is 30.0 Å². The third kappa shape index (κ3) is 3.37. The maximum atomic E-state index is 12.8. The molecule has 26 heavy (non-hydrogen) atoms. The van der Waals surface area contributed by atoms with Crippen LogP contribution in [0.1, 0.15) is 36.8 Å². The number of fused-ring (bicyclic) bond motifs is 1. The zero-order valence-corrected chi connectivity index (χ0v) is 15.3. The van der Waals surface area contributed by atoms with Crippen LogP contribution < -0.4 is 10.6 Å². The summed E-state index contributed by atoms with van der Waals surface area (Å²) >= 11 is 0. The molecular formula is C18H25N5O3. The molecule has 1 fully saturated rings. The van der Waals surface area contributed by atoms with E-state index in [0.717, 1.165) is 10.9 Å². The molecule has 0 bridgehead atoms. The number of para-hydroxylation sites is 1. The van der Waals surface area contributed by atoms with E-state index in [4.69, 9.17) is 0 Å². The Morgan fingerprint density at radius 1 is 1.35 bits per heavy atom. The number of aromatic nitrogens is 2. The number of carbonyl (C=O) groups is 2. The number of carbonyl (C=O) groups excluding carboxylic acids is 1. The molecule has 8 nitrogen and oxygen atoms in total. The molecule has 1 aromatic carbocycles. The summed E-state index contributed by atoms with van der Waals surface area (Å²) in [6, 6.07) is 7.41. The molecule has 0 unspecified atom stereocenters. The maximum absolute atomic E-state index is 12.8.